The lowest BCUT2D eigenvalue weighted by Gasteiger charge is -2.12. The molecular weight excluding hydrogens is 223 g/mol. The van der Waals surface area contributed by atoms with Crippen LogP contribution < -0.4 is 11.1 Å². The highest BCUT2D eigenvalue weighted by molar-refractivity contribution is 8.54. The van der Waals surface area contributed by atoms with Crippen molar-refractivity contribution in [3.05, 3.63) is 0 Å². The van der Waals surface area contributed by atoms with Gasteiger partial charge in [-0.3, -0.25) is 0 Å². The molecule has 5 nitrogen and oxygen atoms in total. The normalized spacial score (nSPS) is 14.3. The van der Waals surface area contributed by atoms with E-state index in [1.807, 2.05) is 6.92 Å². The van der Waals surface area contributed by atoms with Crippen molar-refractivity contribution in [3.8, 4) is 0 Å². The van der Waals surface area contributed by atoms with Gasteiger partial charge < -0.3 is 20.8 Å². The second-order valence-electron chi connectivity index (χ2n) is 3.24. The average molecular weight is 242 g/mol. The molecule has 0 rings (SSSR count). The summed E-state index contributed by atoms with van der Waals surface area (Å²) in [5.74, 6) is 0.727. The van der Waals surface area contributed by atoms with Crippen LogP contribution in [0.2, 0.25) is 0 Å². The summed E-state index contributed by atoms with van der Waals surface area (Å²) >= 11 is 0.707. The molecule has 0 aromatic heterocycles. The van der Waals surface area contributed by atoms with E-state index in [1.54, 1.807) is 0 Å². The van der Waals surface area contributed by atoms with Crippen LogP contribution in [0.3, 0.4) is 0 Å². The Morgan fingerprint density at radius 1 is 1.57 bits per heavy atom. The van der Waals surface area contributed by atoms with Crippen LogP contribution in [0.15, 0.2) is 0 Å². The monoisotopic (exact) mass is 242 g/mol. The molecule has 0 heterocycles. The number of rotatable bonds is 8. The highest BCUT2D eigenvalue weighted by Crippen LogP contribution is 2.50. The van der Waals surface area contributed by atoms with Crippen LogP contribution in [0.5, 0.6) is 0 Å². The van der Waals surface area contributed by atoms with Crippen molar-refractivity contribution in [1.82, 2.24) is 5.32 Å². The molecule has 14 heavy (non-hydrogen) atoms. The van der Waals surface area contributed by atoms with Gasteiger partial charge in [0.05, 0.1) is 0 Å². The lowest BCUT2D eigenvalue weighted by atomic mass is 10.2. The molecule has 5 N–H and O–H groups in total. The van der Waals surface area contributed by atoms with Crippen LogP contribution in [0.25, 0.3) is 0 Å². The van der Waals surface area contributed by atoms with E-state index in [2.05, 4.69) is 5.32 Å². The first-order valence-electron chi connectivity index (χ1n) is 4.56. The Morgan fingerprint density at radius 3 is 2.71 bits per heavy atom. The zero-order valence-corrected chi connectivity index (χ0v) is 10.1. The Morgan fingerprint density at radius 2 is 2.21 bits per heavy atom. The van der Waals surface area contributed by atoms with Crippen LogP contribution in [0, 0.1) is 5.92 Å². The molecular formula is C7H19N2O3PS. The fourth-order valence-corrected chi connectivity index (χ4v) is 2.77. The molecule has 86 valence electrons. The van der Waals surface area contributed by atoms with Crippen molar-refractivity contribution in [2.75, 3.05) is 25.4 Å². The highest BCUT2D eigenvalue weighted by atomic mass is 32.7. The topological polar surface area (TPSA) is 95.6 Å². The molecule has 0 amide bonds. The molecule has 0 fully saturated rings. The second-order valence-corrected chi connectivity index (χ2v) is 7.01. The summed E-state index contributed by atoms with van der Waals surface area (Å²) in [6.45, 7) is 0.360. The second kappa shape index (κ2) is 7.68. The Kier molecular flexibility index (Phi) is 7.91. The van der Waals surface area contributed by atoms with Crippen molar-refractivity contribution >= 4 is 18.2 Å². The van der Waals surface area contributed by atoms with Crippen molar-refractivity contribution in [3.63, 3.8) is 0 Å². The van der Waals surface area contributed by atoms with Crippen molar-refractivity contribution in [1.29, 1.82) is 0 Å². The number of hydrogen-bond acceptors (Lipinski definition) is 4. The standard InChI is InChI=1S/C7H19N2O3PS/c1-7(5-9-4-2-3-8)6-14-13(10,11)12/h7,9H,2-6,8H2,1H3,(H2,10,11,12). The molecule has 0 radical (unpaired) electrons. The van der Waals surface area contributed by atoms with E-state index in [0.29, 0.717) is 23.7 Å². The Bertz CT molecular complexity index is 188. The van der Waals surface area contributed by atoms with E-state index in [9.17, 15) is 4.57 Å². The molecule has 0 aromatic rings. The third-order valence-corrected chi connectivity index (χ3v) is 4.09. The minimum Gasteiger partial charge on any atom is -0.330 e. The Labute approximate surface area is 88.7 Å². The average Bonchev–Trinajstić information content (AvgIpc) is 2.08. The first-order valence-corrected chi connectivity index (χ1v) is 7.77. The summed E-state index contributed by atoms with van der Waals surface area (Å²) in [4.78, 5) is 17.2. The van der Waals surface area contributed by atoms with Gasteiger partial charge in [-0.2, -0.15) is 0 Å². The lowest BCUT2D eigenvalue weighted by Crippen LogP contribution is -2.24. The van der Waals surface area contributed by atoms with Crippen LogP contribution in [-0.4, -0.2) is 35.2 Å². The fraction of sp³-hybridized carbons (Fsp3) is 1.00. The van der Waals surface area contributed by atoms with Gasteiger partial charge in [-0.1, -0.05) is 6.92 Å². The summed E-state index contributed by atoms with van der Waals surface area (Å²) in [5.41, 5.74) is 5.31. The quantitative estimate of drug-likeness (QED) is 0.363. The van der Waals surface area contributed by atoms with E-state index < -0.39 is 6.80 Å². The van der Waals surface area contributed by atoms with Crippen LogP contribution in [0.4, 0.5) is 0 Å². The molecule has 7 heteroatoms. The first kappa shape index (κ1) is 14.4. The molecule has 0 saturated heterocycles. The maximum Gasteiger partial charge on any atom is 0.383 e. The van der Waals surface area contributed by atoms with E-state index in [-0.39, 0.29) is 5.92 Å². The lowest BCUT2D eigenvalue weighted by molar-refractivity contribution is 0.396. The zero-order valence-electron chi connectivity index (χ0n) is 8.35. The molecule has 1 atom stereocenters. The molecule has 0 spiro atoms. The van der Waals surface area contributed by atoms with Gasteiger partial charge in [0, 0.05) is 5.75 Å². The smallest absolute Gasteiger partial charge is 0.330 e. The maximum absolute atomic E-state index is 10.5. The first-order chi connectivity index (χ1) is 6.45. The van der Waals surface area contributed by atoms with Crippen molar-refractivity contribution < 1.29 is 14.4 Å². The van der Waals surface area contributed by atoms with Crippen LogP contribution >= 0.6 is 18.2 Å². The van der Waals surface area contributed by atoms with Gasteiger partial charge in [-0.05, 0) is 43.4 Å². The number of nitrogens with two attached hydrogens (primary N) is 1. The van der Waals surface area contributed by atoms with Crippen LogP contribution in [0.1, 0.15) is 13.3 Å². The Hall–Kier alpha value is 0.420. The largest absolute Gasteiger partial charge is 0.383 e. The maximum atomic E-state index is 10.5. The molecule has 0 aliphatic rings. The Balaban J connectivity index is 3.37. The summed E-state index contributed by atoms with van der Waals surface area (Å²) in [6.07, 6.45) is 0.929. The predicted octanol–water partition coefficient (Wildman–Crippen LogP) is 0.387. The minimum atomic E-state index is -3.90. The number of nitrogens with one attached hydrogen (secondary N) is 1. The van der Waals surface area contributed by atoms with Gasteiger partial charge in [0.15, 0.2) is 0 Å². The van der Waals surface area contributed by atoms with Crippen molar-refractivity contribution in [2.24, 2.45) is 11.7 Å². The van der Waals surface area contributed by atoms with Gasteiger partial charge in [-0.25, -0.2) is 4.57 Å². The van der Waals surface area contributed by atoms with Gasteiger partial charge in [0.2, 0.25) is 0 Å². The van der Waals surface area contributed by atoms with Gasteiger partial charge in [-0.15, -0.1) is 0 Å². The molecule has 0 saturated carbocycles. The molecule has 0 aromatic carbocycles. The highest BCUT2D eigenvalue weighted by Gasteiger charge is 2.15. The van der Waals surface area contributed by atoms with Crippen molar-refractivity contribution in [2.45, 2.75) is 13.3 Å². The SMILES string of the molecule is CC(CNCCCN)CSP(=O)(O)O. The van der Waals surface area contributed by atoms with Gasteiger partial charge in [0.25, 0.3) is 0 Å². The van der Waals surface area contributed by atoms with E-state index in [1.165, 1.54) is 0 Å². The van der Waals surface area contributed by atoms with Gasteiger partial charge in [0.1, 0.15) is 0 Å². The van der Waals surface area contributed by atoms with Gasteiger partial charge >= 0.3 is 6.80 Å². The molecule has 0 bridgehead atoms. The van der Waals surface area contributed by atoms with E-state index >= 15 is 0 Å². The predicted molar refractivity (Wildman–Crippen MR) is 60.2 cm³/mol. The summed E-state index contributed by atoms with van der Waals surface area (Å²) < 4.78 is 10.5. The zero-order chi connectivity index (χ0) is 11.0. The van der Waals surface area contributed by atoms with E-state index in [4.69, 9.17) is 15.5 Å². The third-order valence-electron chi connectivity index (χ3n) is 1.58. The summed E-state index contributed by atoms with van der Waals surface area (Å²) in [5, 5.41) is 3.18. The fourth-order valence-electron chi connectivity index (χ4n) is 0.859. The third kappa shape index (κ3) is 10.5. The molecule has 1 unspecified atom stereocenters. The molecule has 0 aliphatic heterocycles. The van der Waals surface area contributed by atoms with E-state index in [0.717, 1.165) is 19.5 Å². The number of hydrogen-bond donors (Lipinski definition) is 4. The summed E-state index contributed by atoms with van der Waals surface area (Å²) in [6, 6.07) is 0. The summed E-state index contributed by atoms with van der Waals surface area (Å²) in [7, 11) is 0. The molecule has 0 aliphatic carbocycles. The minimum absolute atomic E-state index is 0.255. The van der Waals surface area contributed by atoms with Crippen LogP contribution in [-0.2, 0) is 4.57 Å².